The second-order valence-corrected chi connectivity index (χ2v) is 4.13. The van der Waals surface area contributed by atoms with Gasteiger partial charge in [0.05, 0.1) is 23.2 Å². The van der Waals surface area contributed by atoms with Gasteiger partial charge in [-0.15, -0.1) is 0 Å². The van der Waals surface area contributed by atoms with Gasteiger partial charge in [0.25, 0.3) is 0 Å². The van der Waals surface area contributed by atoms with Gasteiger partial charge in [0, 0.05) is 13.5 Å². The lowest BCUT2D eigenvalue weighted by Crippen LogP contribution is -2.12. The maximum Gasteiger partial charge on any atom is 0.389 e. The van der Waals surface area contributed by atoms with Crippen LogP contribution in [-0.4, -0.2) is 23.3 Å². The fourth-order valence-electron chi connectivity index (χ4n) is 1.16. The number of methoxy groups -OCH3 is 1. The number of anilines is 1. The zero-order chi connectivity index (χ0) is 13.1. The van der Waals surface area contributed by atoms with Gasteiger partial charge in [0.2, 0.25) is 0 Å². The summed E-state index contributed by atoms with van der Waals surface area (Å²) in [5.74, 6) is 0.180. The van der Waals surface area contributed by atoms with Crippen LogP contribution in [0.5, 0.6) is 0 Å². The van der Waals surface area contributed by atoms with Crippen LogP contribution in [0.1, 0.15) is 17.9 Å². The molecule has 0 spiro atoms. The van der Waals surface area contributed by atoms with Crippen molar-refractivity contribution in [3.63, 3.8) is 0 Å². The minimum Gasteiger partial charge on any atom is -0.383 e. The number of nitrogen functional groups attached to an aromatic ring is 1. The lowest BCUT2D eigenvalue weighted by Gasteiger charge is -2.09. The molecule has 1 heterocycles. The highest BCUT2D eigenvalue weighted by molar-refractivity contribution is 9.10. The van der Waals surface area contributed by atoms with Gasteiger partial charge in [0.1, 0.15) is 11.6 Å². The first-order chi connectivity index (χ1) is 7.83. The zero-order valence-corrected chi connectivity index (χ0v) is 10.6. The van der Waals surface area contributed by atoms with E-state index < -0.39 is 12.6 Å². The average molecular weight is 314 g/mol. The quantitative estimate of drug-likeness (QED) is 0.927. The fourth-order valence-corrected chi connectivity index (χ4v) is 1.46. The van der Waals surface area contributed by atoms with Crippen LogP contribution in [0.15, 0.2) is 4.47 Å². The number of nitrogens with two attached hydrogens (primary N) is 1. The Morgan fingerprint density at radius 3 is 2.53 bits per heavy atom. The van der Waals surface area contributed by atoms with Gasteiger partial charge in [-0.25, -0.2) is 9.97 Å². The first-order valence-electron chi connectivity index (χ1n) is 4.70. The van der Waals surface area contributed by atoms with Gasteiger partial charge in [-0.1, -0.05) is 0 Å². The number of aryl methyl sites for hydroxylation is 1. The van der Waals surface area contributed by atoms with E-state index in [0.29, 0.717) is 10.2 Å². The average Bonchev–Trinajstić information content (AvgIpc) is 2.21. The van der Waals surface area contributed by atoms with Crippen LogP contribution < -0.4 is 5.73 Å². The van der Waals surface area contributed by atoms with Gasteiger partial charge in [-0.2, -0.15) is 13.2 Å². The van der Waals surface area contributed by atoms with E-state index in [2.05, 4.69) is 25.9 Å². The van der Waals surface area contributed by atoms with Crippen molar-refractivity contribution in [2.24, 2.45) is 0 Å². The number of hydrogen-bond acceptors (Lipinski definition) is 4. The monoisotopic (exact) mass is 313 g/mol. The Bertz CT molecular complexity index is 398. The summed E-state index contributed by atoms with van der Waals surface area (Å²) in [5, 5.41) is 0. The number of aromatic nitrogens is 2. The van der Waals surface area contributed by atoms with Gasteiger partial charge in [0.15, 0.2) is 0 Å². The Morgan fingerprint density at radius 2 is 2.00 bits per heavy atom. The highest BCUT2D eigenvalue weighted by Gasteiger charge is 2.27. The van der Waals surface area contributed by atoms with Crippen molar-refractivity contribution in [1.82, 2.24) is 9.97 Å². The second-order valence-electron chi connectivity index (χ2n) is 3.33. The summed E-state index contributed by atoms with van der Waals surface area (Å²) in [7, 11) is 1.46. The summed E-state index contributed by atoms with van der Waals surface area (Å²) in [6.45, 7) is 0.159. The Kier molecular flexibility index (Phi) is 4.70. The van der Waals surface area contributed by atoms with Crippen molar-refractivity contribution in [2.45, 2.75) is 25.6 Å². The third kappa shape index (κ3) is 4.47. The summed E-state index contributed by atoms with van der Waals surface area (Å²) in [6.07, 6.45) is -5.50. The van der Waals surface area contributed by atoms with Crippen molar-refractivity contribution < 1.29 is 17.9 Å². The van der Waals surface area contributed by atoms with E-state index >= 15 is 0 Å². The number of nitrogens with zero attached hydrogens (tertiary/aromatic N) is 2. The molecule has 0 radical (unpaired) electrons. The maximum absolute atomic E-state index is 12.0. The standard InChI is InChI=1S/C9H11BrF3N3O/c1-17-4-5-7(10)8(14)16-6(15-5)2-3-9(11,12)13/h2-4H2,1H3,(H2,14,15,16). The zero-order valence-electron chi connectivity index (χ0n) is 9.01. The predicted molar refractivity (Wildman–Crippen MR) is 59.2 cm³/mol. The van der Waals surface area contributed by atoms with Crippen LogP contribution in [-0.2, 0) is 17.8 Å². The van der Waals surface area contributed by atoms with E-state index in [1.807, 2.05) is 0 Å². The lowest BCUT2D eigenvalue weighted by atomic mass is 10.2. The molecule has 2 N–H and O–H groups in total. The number of ether oxygens (including phenoxy) is 1. The third-order valence-electron chi connectivity index (χ3n) is 1.90. The molecule has 0 saturated carbocycles. The van der Waals surface area contributed by atoms with Crippen LogP contribution in [0.25, 0.3) is 0 Å². The van der Waals surface area contributed by atoms with Gasteiger partial charge < -0.3 is 10.5 Å². The first-order valence-corrected chi connectivity index (χ1v) is 5.49. The molecule has 0 atom stereocenters. The Morgan fingerprint density at radius 1 is 1.35 bits per heavy atom. The Labute approximate surface area is 105 Å². The van der Waals surface area contributed by atoms with Crippen molar-refractivity contribution >= 4 is 21.7 Å². The van der Waals surface area contributed by atoms with Gasteiger partial charge in [-0.3, -0.25) is 0 Å². The molecule has 0 saturated heterocycles. The molecule has 96 valence electrons. The normalized spacial score (nSPS) is 11.8. The van der Waals surface area contributed by atoms with E-state index in [1.54, 1.807) is 0 Å². The van der Waals surface area contributed by atoms with E-state index in [9.17, 15) is 13.2 Å². The molecule has 0 aromatic carbocycles. The minimum atomic E-state index is -4.23. The van der Waals surface area contributed by atoms with Gasteiger partial charge in [-0.05, 0) is 15.9 Å². The molecule has 0 aliphatic carbocycles. The first kappa shape index (κ1) is 14.2. The van der Waals surface area contributed by atoms with Crippen molar-refractivity contribution in [3.8, 4) is 0 Å². The Hall–Kier alpha value is -0.890. The summed E-state index contributed by atoms with van der Waals surface area (Å²) >= 11 is 3.15. The molecule has 1 aromatic heterocycles. The van der Waals surface area contributed by atoms with E-state index in [4.69, 9.17) is 10.5 Å². The Balaban J connectivity index is 2.86. The van der Waals surface area contributed by atoms with Crippen molar-refractivity contribution in [3.05, 3.63) is 16.0 Å². The molecule has 0 aliphatic heterocycles. The molecule has 1 aromatic rings. The van der Waals surface area contributed by atoms with E-state index in [1.165, 1.54) is 7.11 Å². The van der Waals surface area contributed by atoms with Crippen LogP contribution >= 0.6 is 15.9 Å². The summed E-state index contributed by atoms with van der Waals surface area (Å²) < 4.78 is 41.5. The van der Waals surface area contributed by atoms with Crippen LogP contribution in [0.2, 0.25) is 0 Å². The number of alkyl halides is 3. The summed E-state index contributed by atoms with van der Waals surface area (Å²) in [5.41, 5.74) is 6.00. The molecule has 0 aliphatic rings. The number of hydrogen-bond donors (Lipinski definition) is 1. The molecular weight excluding hydrogens is 303 g/mol. The smallest absolute Gasteiger partial charge is 0.383 e. The van der Waals surface area contributed by atoms with Crippen LogP contribution in [0.3, 0.4) is 0 Å². The molecule has 4 nitrogen and oxygen atoms in total. The number of rotatable bonds is 4. The summed E-state index contributed by atoms with van der Waals surface area (Å²) in [4.78, 5) is 7.75. The molecule has 17 heavy (non-hydrogen) atoms. The van der Waals surface area contributed by atoms with Crippen LogP contribution in [0, 0.1) is 0 Å². The van der Waals surface area contributed by atoms with E-state index in [-0.39, 0.29) is 24.7 Å². The lowest BCUT2D eigenvalue weighted by molar-refractivity contribution is -0.134. The topological polar surface area (TPSA) is 61.0 Å². The summed E-state index contributed by atoms with van der Waals surface area (Å²) in [6, 6.07) is 0. The SMILES string of the molecule is COCc1nc(CCC(F)(F)F)nc(N)c1Br. The van der Waals surface area contributed by atoms with Crippen molar-refractivity contribution in [1.29, 1.82) is 0 Å². The highest BCUT2D eigenvalue weighted by atomic mass is 79.9. The molecule has 0 amide bonds. The van der Waals surface area contributed by atoms with E-state index in [0.717, 1.165) is 0 Å². The van der Waals surface area contributed by atoms with Crippen molar-refractivity contribution in [2.75, 3.05) is 12.8 Å². The fraction of sp³-hybridized carbons (Fsp3) is 0.556. The molecule has 8 heteroatoms. The highest BCUT2D eigenvalue weighted by Crippen LogP contribution is 2.24. The van der Waals surface area contributed by atoms with Crippen LogP contribution in [0.4, 0.5) is 19.0 Å². The molecule has 0 unspecified atom stereocenters. The second kappa shape index (κ2) is 5.63. The minimum absolute atomic E-state index is 0.0649. The predicted octanol–water partition coefficient (Wildman–Crippen LogP) is 2.46. The molecule has 0 bridgehead atoms. The molecule has 0 fully saturated rings. The molecule has 1 rings (SSSR count). The van der Waals surface area contributed by atoms with Gasteiger partial charge >= 0.3 is 6.18 Å². The molecular formula is C9H11BrF3N3O. The largest absolute Gasteiger partial charge is 0.389 e. The third-order valence-corrected chi connectivity index (χ3v) is 2.77. The maximum atomic E-state index is 12.0. The number of halogens is 4.